The Morgan fingerprint density at radius 2 is 2.11 bits per heavy atom. The van der Waals surface area contributed by atoms with Crippen LogP contribution < -0.4 is 0 Å². The van der Waals surface area contributed by atoms with E-state index in [4.69, 9.17) is 5.11 Å². The van der Waals surface area contributed by atoms with Crippen LogP contribution >= 0.6 is 0 Å². The van der Waals surface area contributed by atoms with Crippen LogP contribution in [0.5, 0.6) is 0 Å². The van der Waals surface area contributed by atoms with Crippen molar-refractivity contribution in [2.24, 2.45) is 0 Å². The first-order valence-electron chi connectivity index (χ1n) is 5.62. The maximum Gasteiger partial charge on any atom is 0.338 e. The first-order chi connectivity index (χ1) is 9.16. The lowest BCUT2D eigenvalue weighted by molar-refractivity contribution is 0.0692. The Kier molecular flexibility index (Phi) is 2.52. The van der Waals surface area contributed by atoms with Crippen LogP contribution in [0.4, 0.5) is 4.39 Å². The van der Waals surface area contributed by atoms with Gasteiger partial charge in [-0.15, -0.1) is 0 Å². The summed E-state index contributed by atoms with van der Waals surface area (Å²) in [5, 5.41) is 8.95. The minimum Gasteiger partial charge on any atom is -0.478 e. The number of halogens is 1. The van der Waals surface area contributed by atoms with Crippen LogP contribution in [0.3, 0.4) is 0 Å². The molecule has 3 rings (SSSR count). The number of fused-ring (bicyclic) bond motifs is 1. The van der Waals surface area contributed by atoms with E-state index in [-0.39, 0.29) is 5.56 Å². The minimum absolute atomic E-state index is 0.338. The Labute approximate surface area is 107 Å². The van der Waals surface area contributed by atoms with E-state index in [1.807, 2.05) is 22.6 Å². The molecule has 4 nitrogen and oxygen atoms in total. The molecule has 94 valence electrons. The highest BCUT2D eigenvalue weighted by molar-refractivity contribution is 5.89. The number of imidazole rings is 1. The molecular formula is C14H9FN2O2. The van der Waals surface area contributed by atoms with E-state index in [2.05, 4.69) is 4.98 Å². The molecule has 3 aromatic rings. The molecule has 0 amide bonds. The highest BCUT2D eigenvalue weighted by atomic mass is 19.1. The monoisotopic (exact) mass is 256 g/mol. The molecule has 19 heavy (non-hydrogen) atoms. The average Bonchev–Trinajstić information content (AvgIpc) is 2.87. The summed E-state index contributed by atoms with van der Waals surface area (Å²) in [5.74, 6) is -2.02. The molecule has 0 unspecified atom stereocenters. The number of nitrogens with zero attached hydrogens (tertiary/aromatic N) is 2. The Hall–Kier alpha value is -2.69. The van der Waals surface area contributed by atoms with E-state index < -0.39 is 11.8 Å². The highest BCUT2D eigenvalue weighted by Crippen LogP contribution is 2.23. The minimum atomic E-state index is -1.28. The summed E-state index contributed by atoms with van der Waals surface area (Å²) in [5.41, 5.74) is 1.80. The summed E-state index contributed by atoms with van der Waals surface area (Å²) in [7, 11) is 0. The molecule has 0 aliphatic heterocycles. The first kappa shape index (κ1) is 11.4. The standard InChI is InChI=1S/C14H9FN2O2/c15-11-5-4-9(8-10(11)14(18)19)12-2-1-3-13-16-6-7-17(12)13/h1-8H,(H,18,19). The van der Waals surface area contributed by atoms with Gasteiger partial charge in [0.2, 0.25) is 0 Å². The molecule has 0 atom stereocenters. The summed E-state index contributed by atoms with van der Waals surface area (Å²) in [6.45, 7) is 0. The predicted octanol–water partition coefficient (Wildman–Crippen LogP) is 2.84. The van der Waals surface area contributed by atoms with Crippen LogP contribution in [0.15, 0.2) is 48.8 Å². The van der Waals surface area contributed by atoms with Gasteiger partial charge in [-0.1, -0.05) is 6.07 Å². The van der Waals surface area contributed by atoms with Crippen molar-refractivity contribution in [2.45, 2.75) is 0 Å². The summed E-state index contributed by atoms with van der Waals surface area (Å²) in [6, 6.07) is 9.53. The van der Waals surface area contributed by atoms with Crippen molar-refractivity contribution in [3.63, 3.8) is 0 Å². The van der Waals surface area contributed by atoms with Gasteiger partial charge in [-0.05, 0) is 35.9 Å². The second kappa shape index (κ2) is 4.20. The number of aromatic nitrogens is 2. The first-order valence-corrected chi connectivity index (χ1v) is 5.62. The molecule has 0 spiro atoms. The smallest absolute Gasteiger partial charge is 0.338 e. The fraction of sp³-hybridized carbons (Fsp3) is 0. The van der Waals surface area contributed by atoms with Gasteiger partial charge in [-0.2, -0.15) is 0 Å². The quantitative estimate of drug-likeness (QED) is 0.767. The van der Waals surface area contributed by atoms with Crippen molar-refractivity contribution in [3.8, 4) is 11.3 Å². The van der Waals surface area contributed by atoms with Crippen molar-refractivity contribution in [3.05, 3.63) is 60.2 Å². The van der Waals surface area contributed by atoms with Gasteiger partial charge in [0, 0.05) is 12.4 Å². The maximum absolute atomic E-state index is 13.4. The van der Waals surface area contributed by atoms with Crippen LogP contribution in [0, 0.1) is 5.82 Å². The summed E-state index contributed by atoms with van der Waals surface area (Å²) < 4.78 is 15.2. The Bertz CT molecular complexity index is 780. The third-order valence-corrected chi connectivity index (χ3v) is 2.92. The van der Waals surface area contributed by atoms with Crippen molar-refractivity contribution in [2.75, 3.05) is 0 Å². The molecule has 2 aromatic heterocycles. The van der Waals surface area contributed by atoms with Crippen molar-refractivity contribution in [1.29, 1.82) is 0 Å². The zero-order valence-electron chi connectivity index (χ0n) is 9.75. The molecule has 0 aliphatic rings. The van der Waals surface area contributed by atoms with Gasteiger partial charge in [0.25, 0.3) is 0 Å². The SMILES string of the molecule is O=C(O)c1cc(-c2cccc3nccn23)ccc1F. The number of carbonyl (C=O) groups is 1. The number of carboxylic acids is 1. The van der Waals surface area contributed by atoms with Crippen LogP contribution in [0.1, 0.15) is 10.4 Å². The number of hydrogen-bond donors (Lipinski definition) is 1. The second-order valence-corrected chi connectivity index (χ2v) is 4.07. The lowest BCUT2D eigenvalue weighted by Crippen LogP contribution is -2.01. The summed E-state index contributed by atoms with van der Waals surface area (Å²) in [6.07, 6.45) is 3.43. The number of pyridine rings is 1. The van der Waals surface area contributed by atoms with Crippen LogP contribution in [0.25, 0.3) is 16.9 Å². The van der Waals surface area contributed by atoms with Gasteiger partial charge in [-0.25, -0.2) is 14.2 Å². The van der Waals surface area contributed by atoms with E-state index in [1.54, 1.807) is 18.5 Å². The molecule has 2 heterocycles. The maximum atomic E-state index is 13.4. The van der Waals surface area contributed by atoms with E-state index in [0.717, 1.165) is 17.4 Å². The Morgan fingerprint density at radius 1 is 1.26 bits per heavy atom. The number of hydrogen-bond acceptors (Lipinski definition) is 2. The van der Waals surface area contributed by atoms with Crippen LogP contribution in [-0.4, -0.2) is 20.5 Å². The lowest BCUT2D eigenvalue weighted by atomic mass is 10.1. The third-order valence-electron chi connectivity index (χ3n) is 2.92. The van der Waals surface area contributed by atoms with E-state index in [1.165, 1.54) is 6.07 Å². The summed E-state index contributed by atoms with van der Waals surface area (Å²) in [4.78, 5) is 15.1. The third kappa shape index (κ3) is 1.85. The fourth-order valence-corrected chi connectivity index (χ4v) is 2.03. The van der Waals surface area contributed by atoms with Crippen LogP contribution in [-0.2, 0) is 0 Å². The number of carboxylic acid groups (broad SMARTS) is 1. The zero-order valence-corrected chi connectivity index (χ0v) is 9.75. The fourth-order valence-electron chi connectivity index (χ4n) is 2.03. The Morgan fingerprint density at radius 3 is 2.89 bits per heavy atom. The zero-order chi connectivity index (χ0) is 13.4. The molecule has 1 N–H and O–H groups in total. The molecule has 1 aromatic carbocycles. The molecular weight excluding hydrogens is 247 g/mol. The molecule has 0 saturated heterocycles. The van der Waals surface area contributed by atoms with Crippen molar-refractivity contribution < 1.29 is 14.3 Å². The molecule has 0 fully saturated rings. The molecule has 0 radical (unpaired) electrons. The normalized spacial score (nSPS) is 10.8. The topological polar surface area (TPSA) is 54.6 Å². The number of benzene rings is 1. The summed E-state index contributed by atoms with van der Waals surface area (Å²) >= 11 is 0. The molecule has 0 aliphatic carbocycles. The van der Waals surface area contributed by atoms with E-state index in [9.17, 15) is 9.18 Å². The average molecular weight is 256 g/mol. The van der Waals surface area contributed by atoms with Gasteiger partial charge >= 0.3 is 5.97 Å². The highest BCUT2D eigenvalue weighted by Gasteiger charge is 2.12. The van der Waals surface area contributed by atoms with Gasteiger partial charge in [0.05, 0.1) is 11.3 Å². The van der Waals surface area contributed by atoms with Gasteiger partial charge in [0.1, 0.15) is 11.5 Å². The Balaban J connectivity index is 2.24. The number of aromatic carboxylic acids is 1. The number of rotatable bonds is 2. The van der Waals surface area contributed by atoms with Crippen molar-refractivity contribution >= 4 is 11.6 Å². The lowest BCUT2D eigenvalue weighted by Gasteiger charge is -2.07. The van der Waals surface area contributed by atoms with Crippen LogP contribution in [0.2, 0.25) is 0 Å². The van der Waals surface area contributed by atoms with E-state index >= 15 is 0 Å². The molecule has 5 heteroatoms. The second-order valence-electron chi connectivity index (χ2n) is 4.07. The molecule has 0 bridgehead atoms. The van der Waals surface area contributed by atoms with E-state index in [0.29, 0.717) is 5.56 Å². The van der Waals surface area contributed by atoms with Gasteiger partial charge < -0.3 is 5.11 Å². The molecule has 0 saturated carbocycles. The largest absolute Gasteiger partial charge is 0.478 e. The van der Waals surface area contributed by atoms with Gasteiger partial charge in [0.15, 0.2) is 0 Å². The predicted molar refractivity (Wildman–Crippen MR) is 67.5 cm³/mol. The van der Waals surface area contributed by atoms with Crippen molar-refractivity contribution in [1.82, 2.24) is 9.38 Å². The van der Waals surface area contributed by atoms with Gasteiger partial charge in [-0.3, -0.25) is 4.40 Å².